The summed E-state index contributed by atoms with van der Waals surface area (Å²) in [6.07, 6.45) is -1.71. The summed E-state index contributed by atoms with van der Waals surface area (Å²) in [6, 6.07) is -0.753. The van der Waals surface area contributed by atoms with Crippen LogP contribution < -0.4 is 11.5 Å². The van der Waals surface area contributed by atoms with Crippen molar-refractivity contribution in [2.45, 2.75) is 17.5 Å². The van der Waals surface area contributed by atoms with Gasteiger partial charge in [0.15, 0.2) is 6.10 Å². The maximum absolute atomic E-state index is 11.5. The van der Waals surface area contributed by atoms with Crippen LogP contribution in [0.15, 0.2) is 11.3 Å². The lowest BCUT2D eigenvalue weighted by Crippen LogP contribution is -2.68. The Bertz CT molecular complexity index is 477. The number of hydrogen-bond acceptors (Lipinski definition) is 6. The highest BCUT2D eigenvalue weighted by Crippen LogP contribution is 2.40. The van der Waals surface area contributed by atoms with Crippen LogP contribution in [0.3, 0.4) is 0 Å². The van der Waals surface area contributed by atoms with Crippen LogP contribution in [0.2, 0.25) is 0 Å². The van der Waals surface area contributed by atoms with Gasteiger partial charge in [-0.15, -0.1) is 11.8 Å². The molecule has 6 N–H and O–H groups in total. The van der Waals surface area contributed by atoms with E-state index >= 15 is 0 Å². The summed E-state index contributed by atoms with van der Waals surface area (Å²) in [7, 11) is 0. The lowest BCUT2D eigenvalue weighted by molar-refractivity contribution is -0.148. The molecular weight excluding hydrogens is 262 g/mol. The number of carboxylic acid groups (broad SMARTS) is 1. The molecule has 1 saturated heterocycles. The van der Waals surface area contributed by atoms with E-state index in [9.17, 15) is 19.5 Å². The summed E-state index contributed by atoms with van der Waals surface area (Å²) < 4.78 is 0. The number of amides is 2. The fourth-order valence-electron chi connectivity index (χ4n) is 1.92. The normalized spacial score (nSPS) is 28.6. The zero-order valence-corrected chi connectivity index (χ0v) is 9.88. The number of carboxylic acids is 1. The topological polar surface area (TPSA) is 147 Å². The minimum absolute atomic E-state index is 0.0727. The number of aliphatic carboxylic acids is 1. The van der Waals surface area contributed by atoms with Crippen LogP contribution in [-0.4, -0.2) is 56.2 Å². The van der Waals surface area contributed by atoms with Crippen molar-refractivity contribution in [3.63, 3.8) is 0 Å². The Morgan fingerprint density at radius 2 is 2.11 bits per heavy atom. The lowest BCUT2D eigenvalue weighted by atomic mass is 10.0. The van der Waals surface area contributed by atoms with Gasteiger partial charge >= 0.3 is 5.97 Å². The molecule has 98 valence electrons. The third kappa shape index (κ3) is 1.67. The van der Waals surface area contributed by atoms with E-state index in [0.29, 0.717) is 0 Å². The van der Waals surface area contributed by atoms with Gasteiger partial charge < -0.3 is 21.7 Å². The highest BCUT2D eigenvalue weighted by Gasteiger charge is 2.52. The standard InChI is InChI=1S/C9H11N3O5S/c10-3-7(15)12-4(9(16)17)2(1-18-8(3)12)5(13)6(11)14/h3,5,8,13H,1,10H2,(H2,11,14)(H,16,17). The summed E-state index contributed by atoms with van der Waals surface area (Å²) in [4.78, 5) is 34.6. The molecule has 0 bridgehead atoms. The summed E-state index contributed by atoms with van der Waals surface area (Å²) >= 11 is 1.19. The smallest absolute Gasteiger partial charge is 0.352 e. The predicted octanol–water partition coefficient (Wildman–Crippen LogP) is -2.59. The second kappa shape index (κ2) is 4.26. The number of rotatable bonds is 3. The van der Waals surface area contributed by atoms with Crippen LogP contribution in [-0.2, 0) is 14.4 Å². The van der Waals surface area contributed by atoms with Gasteiger partial charge in [-0.3, -0.25) is 14.5 Å². The van der Waals surface area contributed by atoms with Crippen LogP contribution >= 0.6 is 11.8 Å². The average molecular weight is 273 g/mol. The summed E-state index contributed by atoms with van der Waals surface area (Å²) in [5, 5.41) is 18.2. The van der Waals surface area contributed by atoms with Crippen molar-refractivity contribution in [3.05, 3.63) is 11.3 Å². The van der Waals surface area contributed by atoms with Crippen molar-refractivity contribution >= 4 is 29.5 Å². The van der Waals surface area contributed by atoms with Gasteiger partial charge in [0, 0.05) is 11.3 Å². The second-order valence-electron chi connectivity index (χ2n) is 3.92. The number of nitrogens with zero attached hydrogens (tertiary/aromatic N) is 1. The van der Waals surface area contributed by atoms with E-state index in [1.165, 1.54) is 11.8 Å². The Kier molecular flexibility index (Phi) is 3.05. The largest absolute Gasteiger partial charge is 0.477 e. The third-order valence-electron chi connectivity index (χ3n) is 2.84. The van der Waals surface area contributed by atoms with Gasteiger partial charge in [0.25, 0.3) is 5.91 Å². The van der Waals surface area contributed by atoms with Crippen molar-refractivity contribution in [2.24, 2.45) is 11.5 Å². The molecule has 2 aliphatic heterocycles. The number of aliphatic hydroxyl groups is 1. The van der Waals surface area contributed by atoms with Crippen molar-refractivity contribution in [1.82, 2.24) is 4.90 Å². The molecule has 3 unspecified atom stereocenters. The first kappa shape index (κ1) is 12.9. The maximum atomic E-state index is 11.5. The molecule has 0 aliphatic carbocycles. The molecular formula is C9H11N3O5S. The van der Waals surface area contributed by atoms with Gasteiger partial charge in [-0.25, -0.2) is 4.79 Å². The van der Waals surface area contributed by atoms with Crippen LogP contribution in [0.25, 0.3) is 0 Å². The van der Waals surface area contributed by atoms with Crippen LogP contribution in [0.4, 0.5) is 0 Å². The number of carbonyl (C=O) groups excluding carboxylic acids is 2. The molecule has 9 heteroatoms. The molecule has 2 rings (SSSR count). The zero-order valence-electron chi connectivity index (χ0n) is 9.07. The van der Waals surface area contributed by atoms with Crippen LogP contribution in [0, 0.1) is 0 Å². The lowest BCUT2D eigenvalue weighted by Gasteiger charge is -2.48. The van der Waals surface area contributed by atoms with Gasteiger partial charge in [0.2, 0.25) is 5.91 Å². The number of thioether (sulfide) groups is 1. The van der Waals surface area contributed by atoms with E-state index in [0.717, 1.165) is 4.90 Å². The van der Waals surface area contributed by atoms with Crippen LogP contribution in [0.5, 0.6) is 0 Å². The van der Waals surface area contributed by atoms with E-state index in [1.807, 2.05) is 0 Å². The SMILES string of the molecule is NC(=O)C(O)C1=C(C(=O)O)N2C(=O)C(N)C2SC1. The third-order valence-corrected chi connectivity index (χ3v) is 4.16. The van der Waals surface area contributed by atoms with Crippen molar-refractivity contribution in [2.75, 3.05) is 5.75 Å². The average Bonchev–Trinajstić information content (AvgIpc) is 2.34. The molecule has 8 nitrogen and oxygen atoms in total. The first-order valence-electron chi connectivity index (χ1n) is 5.00. The predicted molar refractivity (Wildman–Crippen MR) is 60.9 cm³/mol. The Labute approximate surface area is 106 Å². The minimum atomic E-state index is -1.71. The summed E-state index contributed by atoms with van der Waals surface area (Å²) in [5.74, 6) is -2.90. The Morgan fingerprint density at radius 1 is 1.50 bits per heavy atom. The number of β-lactam (4-membered cyclic amide) rings is 1. The molecule has 0 aromatic heterocycles. The maximum Gasteiger partial charge on any atom is 0.352 e. The number of primary amides is 1. The molecule has 2 aliphatic rings. The second-order valence-corrected chi connectivity index (χ2v) is 5.02. The first-order valence-corrected chi connectivity index (χ1v) is 6.05. The zero-order chi connectivity index (χ0) is 13.6. The molecule has 0 aromatic carbocycles. The first-order chi connectivity index (χ1) is 8.36. The fourth-order valence-corrected chi connectivity index (χ4v) is 3.25. The molecule has 2 heterocycles. The summed E-state index contributed by atoms with van der Waals surface area (Å²) in [5.41, 5.74) is 10.0. The van der Waals surface area contributed by atoms with Gasteiger partial charge in [-0.2, -0.15) is 0 Å². The van der Waals surface area contributed by atoms with Crippen molar-refractivity contribution < 1.29 is 24.6 Å². The van der Waals surface area contributed by atoms with Crippen LogP contribution in [0.1, 0.15) is 0 Å². The number of carbonyl (C=O) groups is 3. The molecule has 18 heavy (non-hydrogen) atoms. The number of hydrogen-bond donors (Lipinski definition) is 4. The Morgan fingerprint density at radius 3 is 2.61 bits per heavy atom. The van der Waals surface area contributed by atoms with E-state index in [4.69, 9.17) is 16.6 Å². The van der Waals surface area contributed by atoms with Gasteiger partial charge in [0.1, 0.15) is 17.1 Å². The number of fused-ring (bicyclic) bond motifs is 1. The molecule has 0 radical (unpaired) electrons. The number of nitrogens with two attached hydrogens (primary N) is 2. The molecule has 2 amide bonds. The molecule has 0 aromatic rings. The van der Waals surface area contributed by atoms with E-state index < -0.39 is 41.0 Å². The van der Waals surface area contributed by atoms with E-state index in [-0.39, 0.29) is 11.3 Å². The Balaban J connectivity index is 2.44. The molecule has 0 saturated carbocycles. The van der Waals surface area contributed by atoms with Gasteiger partial charge in [-0.05, 0) is 0 Å². The monoisotopic (exact) mass is 273 g/mol. The van der Waals surface area contributed by atoms with Crippen molar-refractivity contribution in [3.8, 4) is 0 Å². The molecule has 0 spiro atoms. The molecule has 1 fully saturated rings. The van der Waals surface area contributed by atoms with E-state index in [2.05, 4.69) is 0 Å². The van der Waals surface area contributed by atoms with E-state index in [1.54, 1.807) is 0 Å². The minimum Gasteiger partial charge on any atom is -0.477 e. The van der Waals surface area contributed by atoms with Gasteiger partial charge in [0.05, 0.1) is 0 Å². The highest BCUT2D eigenvalue weighted by molar-refractivity contribution is 8.00. The Hall–Kier alpha value is -1.58. The molecule has 3 atom stereocenters. The highest BCUT2D eigenvalue weighted by atomic mass is 32.2. The summed E-state index contributed by atoms with van der Waals surface area (Å²) in [6.45, 7) is 0. The van der Waals surface area contributed by atoms with Gasteiger partial charge in [-0.1, -0.05) is 0 Å². The quantitative estimate of drug-likeness (QED) is 0.412. The van der Waals surface area contributed by atoms with Crippen molar-refractivity contribution in [1.29, 1.82) is 0 Å². The number of aliphatic hydroxyl groups excluding tert-OH is 1. The fraction of sp³-hybridized carbons (Fsp3) is 0.444.